The monoisotopic (exact) mass is 392 g/mol. The fourth-order valence-corrected chi connectivity index (χ4v) is 3.19. The van der Waals surface area contributed by atoms with Gasteiger partial charge in [-0.1, -0.05) is 50.6 Å². The maximum atomic E-state index is 6.20. The molecule has 0 aliphatic carbocycles. The van der Waals surface area contributed by atoms with Gasteiger partial charge in [0.05, 0.1) is 11.0 Å². The second-order valence-electron chi connectivity index (χ2n) is 7.58. The third-order valence-electron chi connectivity index (χ3n) is 4.37. The number of H-pyrrole nitrogens is 1. The molecule has 6 heteroatoms. The van der Waals surface area contributed by atoms with Crippen LogP contribution < -0.4 is 10.1 Å². The van der Waals surface area contributed by atoms with Crippen LogP contribution in [-0.2, 0) is 5.41 Å². The molecule has 0 bridgehead atoms. The Labute approximate surface area is 168 Å². The van der Waals surface area contributed by atoms with Crippen LogP contribution in [0.15, 0.2) is 60.8 Å². The maximum Gasteiger partial charge on any atom is 0.243 e. The third-order valence-corrected chi connectivity index (χ3v) is 4.60. The molecule has 0 aliphatic rings. The zero-order valence-electron chi connectivity index (χ0n) is 16.0. The normalized spacial score (nSPS) is 11.6. The summed E-state index contributed by atoms with van der Waals surface area (Å²) in [5.74, 6) is 1.87. The fraction of sp³-hybridized carbons (Fsp3) is 0.182. The van der Waals surface area contributed by atoms with Gasteiger partial charge in [-0.05, 0) is 41.8 Å². The van der Waals surface area contributed by atoms with Crippen LogP contribution in [0.25, 0.3) is 11.0 Å². The van der Waals surface area contributed by atoms with E-state index in [1.54, 1.807) is 6.20 Å². The lowest BCUT2D eigenvalue weighted by Crippen LogP contribution is -2.12. The van der Waals surface area contributed by atoms with Gasteiger partial charge in [0.25, 0.3) is 0 Å². The lowest BCUT2D eigenvalue weighted by atomic mass is 9.86. The predicted octanol–water partition coefficient (Wildman–Crippen LogP) is 6.44. The molecule has 5 nitrogen and oxygen atoms in total. The number of nitrogens with one attached hydrogen (secondary N) is 2. The van der Waals surface area contributed by atoms with Crippen molar-refractivity contribution in [3.63, 3.8) is 0 Å². The molecule has 0 aliphatic heterocycles. The van der Waals surface area contributed by atoms with Gasteiger partial charge in [-0.2, -0.15) is 0 Å². The van der Waals surface area contributed by atoms with E-state index >= 15 is 0 Å². The molecular formula is C22H21ClN4O. The van der Waals surface area contributed by atoms with Crippen molar-refractivity contribution >= 4 is 34.3 Å². The van der Waals surface area contributed by atoms with E-state index in [2.05, 4.69) is 47.1 Å². The van der Waals surface area contributed by atoms with Gasteiger partial charge in [-0.15, -0.1) is 0 Å². The molecule has 0 fully saturated rings. The average molecular weight is 393 g/mol. The highest BCUT2D eigenvalue weighted by molar-refractivity contribution is 6.31. The molecule has 2 aromatic heterocycles. The van der Waals surface area contributed by atoms with E-state index in [0.717, 1.165) is 28.0 Å². The maximum absolute atomic E-state index is 6.20. The number of benzene rings is 2. The first-order valence-electron chi connectivity index (χ1n) is 9.05. The number of halogens is 1. The second-order valence-corrected chi connectivity index (χ2v) is 8.01. The largest absolute Gasteiger partial charge is 0.437 e. The van der Waals surface area contributed by atoms with Crippen LogP contribution in [0.4, 0.5) is 11.6 Å². The van der Waals surface area contributed by atoms with Crippen LogP contribution in [0.5, 0.6) is 11.6 Å². The third kappa shape index (κ3) is 3.80. The molecule has 28 heavy (non-hydrogen) atoms. The summed E-state index contributed by atoms with van der Waals surface area (Å²) in [4.78, 5) is 12.2. The highest BCUT2D eigenvalue weighted by atomic mass is 35.5. The SMILES string of the molecule is CC(C)(C)c1ccccc1Oc1ncccc1Nc1nc2ccc(Cl)cc2[nH]1. The molecular weight excluding hydrogens is 372 g/mol. The Hall–Kier alpha value is -3.05. The number of para-hydroxylation sites is 1. The Morgan fingerprint density at radius 3 is 2.68 bits per heavy atom. The first-order chi connectivity index (χ1) is 13.4. The van der Waals surface area contributed by atoms with Crippen LogP contribution in [-0.4, -0.2) is 15.0 Å². The molecule has 2 N–H and O–H groups in total. The molecule has 0 unspecified atom stereocenters. The van der Waals surface area contributed by atoms with Crippen LogP contribution in [0.1, 0.15) is 26.3 Å². The van der Waals surface area contributed by atoms with E-state index in [4.69, 9.17) is 16.3 Å². The number of pyridine rings is 1. The Morgan fingerprint density at radius 1 is 1.04 bits per heavy atom. The van der Waals surface area contributed by atoms with Crippen molar-refractivity contribution in [2.75, 3.05) is 5.32 Å². The van der Waals surface area contributed by atoms with Crippen molar-refractivity contribution in [3.8, 4) is 11.6 Å². The zero-order chi connectivity index (χ0) is 19.7. The molecule has 0 radical (unpaired) electrons. The summed E-state index contributed by atoms with van der Waals surface area (Å²) in [6.07, 6.45) is 1.71. The van der Waals surface area contributed by atoms with E-state index in [0.29, 0.717) is 16.9 Å². The molecule has 4 aromatic rings. The number of aromatic nitrogens is 3. The number of ether oxygens (including phenoxy) is 1. The topological polar surface area (TPSA) is 62.8 Å². The molecule has 0 saturated carbocycles. The summed E-state index contributed by atoms with van der Waals surface area (Å²) in [7, 11) is 0. The first-order valence-corrected chi connectivity index (χ1v) is 9.42. The molecule has 0 saturated heterocycles. The number of hydrogen-bond acceptors (Lipinski definition) is 4. The molecule has 2 heterocycles. The highest BCUT2D eigenvalue weighted by Gasteiger charge is 2.20. The van der Waals surface area contributed by atoms with E-state index in [1.165, 1.54) is 0 Å². The zero-order valence-corrected chi connectivity index (χ0v) is 16.7. The second kappa shape index (κ2) is 7.17. The van der Waals surface area contributed by atoms with E-state index in [-0.39, 0.29) is 5.41 Å². The summed E-state index contributed by atoms with van der Waals surface area (Å²) in [6.45, 7) is 6.48. The molecule has 0 amide bonds. The first kappa shape index (κ1) is 18.3. The predicted molar refractivity (Wildman–Crippen MR) is 114 cm³/mol. The van der Waals surface area contributed by atoms with Gasteiger partial charge in [0, 0.05) is 16.8 Å². The lowest BCUT2D eigenvalue weighted by molar-refractivity contribution is 0.442. The standard InChI is InChI=1S/C22H21ClN4O/c1-22(2,3)15-7-4-5-9-19(15)28-20-17(8-6-12-24-20)26-21-25-16-11-10-14(23)13-18(16)27-21/h4-13H,1-3H3,(H2,25,26,27). The van der Waals surface area contributed by atoms with Crippen LogP contribution in [0.3, 0.4) is 0 Å². The van der Waals surface area contributed by atoms with Crippen LogP contribution >= 0.6 is 11.6 Å². The lowest BCUT2D eigenvalue weighted by Gasteiger charge is -2.22. The minimum absolute atomic E-state index is 0.0447. The number of fused-ring (bicyclic) bond motifs is 1. The molecule has 0 spiro atoms. The molecule has 2 aromatic carbocycles. The Morgan fingerprint density at radius 2 is 1.86 bits per heavy atom. The van der Waals surface area contributed by atoms with Crippen molar-refractivity contribution in [3.05, 3.63) is 71.4 Å². The molecule has 142 valence electrons. The minimum atomic E-state index is -0.0447. The number of imidazole rings is 1. The fourth-order valence-electron chi connectivity index (χ4n) is 3.02. The summed E-state index contributed by atoms with van der Waals surface area (Å²) in [5.41, 5.74) is 3.48. The van der Waals surface area contributed by atoms with Crippen molar-refractivity contribution in [1.82, 2.24) is 15.0 Å². The van der Waals surface area contributed by atoms with Gasteiger partial charge in [0.2, 0.25) is 11.8 Å². The van der Waals surface area contributed by atoms with Crippen molar-refractivity contribution in [2.45, 2.75) is 26.2 Å². The van der Waals surface area contributed by atoms with Crippen molar-refractivity contribution in [2.24, 2.45) is 0 Å². The van der Waals surface area contributed by atoms with Gasteiger partial charge >= 0.3 is 0 Å². The van der Waals surface area contributed by atoms with Gasteiger partial charge < -0.3 is 15.0 Å². The summed E-state index contributed by atoms with van der Waals surface area (Å²) < 4.78 is 6.20. The number of anilines is 2. The van der Waals surface area contributed by atoms with Gasteiger partial charge in [-0.25, -0.2) is 9.97 Å². The Kier molecular flexibility index (Phi) is 4.69. The van der Waals surface area contributed by atoms with Gasteiger partial charge in [0.15, 0.2) is 0 Å². The molecule has 4 rings (SSSR count). The van der Waals surface area contributed by atoms with Crippen LogP contribution in [0.2, 0.25) is 5.02 Å². The minimum Gasteiger partial charge on any atom is -0.437 e. The highest BCUT2D eigenvalue weighted by Crippen LogP contribution is 2.36. The average Bonchev–Trinajstić information content (AvgIpc) is 3.04. The summed E-state index contributed by atoms with van der Waals surface area (Å²) in [6, 6.07) is 17.3. The van der Waals surface area contributed by atoms with Crippen LogP contribution in [0, 0.1) is 0 Å². The number of rotatable bonds is 4. The smallest absolute Gasteiger partial charge is 0.243 e. The summed E-state index contributed by atoms with van der Waals surface area (Å²) >= 11 is 6.06. The van der Waals surface area contributed by atoms with E-state index in [1.807, 2.05) is 48.5 Å². The van der Waals surface area contributed by atoms with Gasteiger partial charge in [0.1, 0.15) is 11.4 Å². The van der Waals surface area contributed by atoms with E-state index in [9.17, 15) is 0 Å². The molecule has 0 atom stereocenters. The Balaban J connectivity index is 1.66. The quantitative estimate of drug-likeness (QED) is 0.419. The summed E-state index contributed by atoms with van der Waals surface area (Å²) in [5, 5.41) is 3.92. The Bertz CT molecular complexity index is 1130. The number of nitrogens with zero attached hydrogens (tertiary/aromatic N) is 2. The van der Waals surface area contributed by atoms with Crippen molar-refractivity contribution < 1.29 is 4.74 Å². The van der Waals surface area contributed by atoms with E-state index < -0.39 is 0 Å². The number of aromatic amines is 1. The van der Waals surface area contributed by atoms with Crippen molar-refractivity contribution in [1.29, 1.82) is 0 Å². The van der Waals surface area contributed by atoms with Gasteiger partial charge in [-0.3, -0.25) is 0 Å². The number of hydrogen-bond donors (Lipinski definition) is 2.